The lowest BCUT2D eigenvalue weighted by Gasteiger charge is -2.25. The first-order valence-electron chi connectivity index (χ1n) is 10.3. The zero-order valence-corrected chi connectivity index (χ0v) is 17.8. The average Bonchev–Trinajstić information content (AvgIpc) is 3.28. The molecule has 7 heteroatoms. The second-order valence-electron chi connectivity index (χ2n) is 7.99. The Labute approximate surface area is 175 Å². The molecule has 0 bridgehead atoms. The number of likely N-dealkylation sites (tertiary alicyclic amines) is 1. The van der Waals surface area contributed by atoms with E-state index >= 15 is 0 Å². The van der Waals surface area contributed by atoms with Crippen molar-refractivity contribution < 1.29 is 9.18 Å². The van der Waals surface area contributed by atoms with Gasteiger partial charge in [0.05, 0.1) is 18.2 Å². The monoisotopic (exact) mass is 407 g/mol. The van der Waals surface area contributed by atoms with Crippen molar-refractivity contribution in [2.75, 3.05) is 6.54 Å². The third-order valence-corrected chi connectivity index (χ3v) is 5.76. The molecular weight excluding hydrogens is 381 g/mol. The lowest BCUT2D eigenvalue weighted by Crippen LogP contribution is -2.32. The van der Waals surface area contributed by atoms with Gasteiger partial charge in [0.15, 0.2) is 0 Å². The van der Waals surface area contributed by atoms with E-state index in [4.69, 9.17) is 0 Å². The van der Waals surface area contributed by atoms with Crippen LogP contribution < -0.4 is 0 Å². The largest absolute Gasteiger partial charge is 0.335 e. The highest BCUT2D eigenvalue weighted by molar-refractivity contribution is 5.80. The van der Waals surface area contributed by atoms with Crippen molar-refractivity contribution in [3.05, 3.63) is 70.1 Å². The van der Waals surface area contributed by atoms with Gasteiger partial charge in [-0.3, -0.25) is 4.79 Å². The standard InChI is InChI=1S/C23H26FN5O/c1-14-12-15(2)26-23(25-14)29-17(4)20(16(3)27-29)13-22(30)28-11-5-6-21(28)18-7-9-19(24)10-8-18/h7-10,12,21H,5-6,11,13H2,1-4H3/t21-/m1/s1. The molecule has 0 spiro atoms. The van der Waals surface area contributed by atoms with Crippen LogP contribution >= 0.6 is 0 Å². The summed E-state index contributed by atoms with van der Waals surface area (Å²) in [5, 5.41) is 4.61. The average molecular weight is 407 g/mol. The first-order valence-corrected chi connectivity index (χ1v) is 10.3. The summed E-state index contributed by atoms with van der Waals surface area (Å²) in [5.74, 6) is 0.327. The minimum Gasteiger partial charge on any atom is -0.335 e. The topological polar surface area (TPSA) is 63.9 Å². The zero-order valence-electron chi connectivity index (χ0n) is 17.8. The summed E-state index contributed by atoms with van der Waals surface area (Å²) in [6.45, 7) is 8.43. The van der Waals surface area contributed by atoms with Crippen LogP contribution in [-0.2, 0) is 11.2 Å². The van der Waals surface area contributed by atoms with Crippen LogP contribution in [0.5, 0.6) is 0 Å². The fourth-order valence-electron chi connectivity index (χ4n) is 4.28. The SMILES string of the molecule is Cc1cc(C)nc(-n2nc(C)c(CC(=O)N3CCC[C@@H]3c3ccc(F)cc3)c2C)n1. The van der Waals surface area contributed by atoms with Crippen molar-refractivity contribution >= 4 is 5.91 Å². The number of rotatable bonds is 4. The predicted octanol–water partition coefficient (Wildman–Crippen LogP) is 3.94. The second-order valence-corrected chi connectivity index (χ2v) is 7.99. The van der Waals surface area contributed by atoms with Crippen LogP contribution in [0, 0.1) is 33.5 Å². The minimum atomic E-state index is -0.262. The van der Waals surface area contributed by atoms with Crippen molar-refractivity contribution in [2.45, 2.75) is 53.0 Å². The lowest BCUT2D eigenvalue weighted by atomic mass is 10.0. The Bertz CT molecular complexity index is 1070. The van der Waals surface area contributed by atoms with E-state index in [1.54, 1.807) is 16.8 Å². The van der Waals surface area contributed by atoms with E-state index in [9.17, 15) is 9.18 Å². The predicted molar refractivity (Wildman–Crippen MR) is 112 cm³/mol. The van der Waals surface area contributed by atoms with Gasteiger partial charge in [-0.2, -0.15) is 5.10 Å². The molecule has 156 valence electrons. The van der Waals surface area contributed by atoms with E-state index < -0.39 is 0 Å². The summed E-state index contributed by atoms with van der Waals surface area (Å²) in [4.78, 5) is 24.1. The maximum Gasteiger partial charge on any atom is 0.251 e. The van der Waals surface area contributed by atoms with Crippen molar-refractivity contribution in [1.29, 1.82) is 0 Å². The van der Waals surface area contributed by atoms with Crippen molar-refractivity contribution in [3.8, 4) is 5.95 Å². The summed E-state index contributed by atoms with van der Waals surface area (Å²) in [5.41, 5.74) is 5.33. The molecule has 1 saturated heterocycles. The van der Waals surface area contributed by atoms with Crippen LogP contribution in [-0.4, -0.2) is 37.1 Å². The molecule has 0 radical (unpaired) electrons. The molecule has 4 rings (SSSR count). The number of carbonyl (C=O) groups excluding carboxylic acids is 1. The Balaban J connectivity index is 1.59. The highest BCUT2D eigenvalue weighted by Crippen LogP contribution is 2.33. The highest BCUT2D eigenvalue weighted by atomic mass is 19.1. The van der Waals surface area contributed by atoms with Gasteiger partial charge in [-0.25, -0.2) is 19.0 Å². The highest BCUT2D eigenvalue weighted by Gasteiger charge is 2.31. The Kier molecular flexibility index (Phi) is 5.37. The molecule has 1 aromatic carbocycles. The number of amides is 1. The Morgan fingerprint density at radius 1 is 1.10 bits per heavy atom. The third-order valence-electron chi connectivity index (χ3n) is 5.76. The van der Waals surface area contributed by atoms with Crippen LogP contribution in [0.15, 0.2) is 30.3 Å². The van der Waals surface area contributed by atoms with Gasteiger partial charge in [0.1, 0.15) is 5.82 Å². The minimum absolute atomic E-state index is 0.00323. The van der Waals surface area contributed by atoms with Crippen LogP contribution in [0.3, 0.4) is 0 Å². The Morgan fingerprint density at radius 2 is 1.77 bits per heavy atom. The van der Waals surface area contributed by atoms with E-state index in [-0.39, 0.29) is 24.2 Å². The molecule has 2 aromatic heterocycles. The molecule has 1 aliphatic rings. The molecule has 1 atom stereocenters. The number of hydrogen-bond acceptors (Lipinski definition) is 4. The molecule has 30 heavy (non-hydrogen) atoms. The maximum absolute atomic E-state index is 13.3. The van der Waals surface area contributed by atoms with Gasteiger partial charge < -0.3 is 4.90 Å². The van der Waals surface area contributed by atoms with E-state index in [1.165, 1.54) is 12.1 Å². The van der Waals surface area contributed by atoms with Gasteiger partial charge in [-0.05, 0) is 64.3 Å². The molecule has 1 aliphatic heterocycles. The van der Waals surface area contributed by atoms with E-state index in [2.05, 4.69) is 15.1 Å². The number of aromatic nitrogens is 4. The maximum atomic E-state index is 13.3. The molecule has 0 N–H and O–H groups in total. The summed E-state index contributed by atoms with van der Waals surface area (Å²) in [6, 6.07) is 8.38. The Hall–Kier alpha value is -3.09. The van der Waals surface area contributed by atoms with Crippen LogP contribution in [0.25, 0.3) is 5.95 Å². The van der Waals surface area contributed by atoms with Gasteiger partial charge in [0, 0.05) is 29.2 Å². The molecule has 3 aromatic rings. The number of aryl methyl sites for hydroxylation is 3. The molecule has 1 fully saturated rings. The molecule has 0 aliphatic carbocycles. The van der Waals surface area contributed by atoms with Crippen LogP contribution in [0.1, 0.15) is 52.8 Å². The fraction of sp³-hybridized carbons (Fsp3) is 0.391. The van der Waals surface area contributed by atoms with Crippen molar-refractivity contribution in [3.63, 3.8) is 0 Å². The Morgan fingerprint density at radius 3 is 2.43 bits per heavy atom. The van der Waals surface area contributed by atoms with Gasteiger partial charge in [-0.1, -0.05) is 12.1 Å². The molecule has 0 unspecified atom stereocenters. The number of halogens is 1. The van der Waals surface area contributed by atoms with E-state index in [0.717, 1.165) is 46.7 Å². The number of carbonyl (C=O) groups is 1. The van der Waals surface area contributed by atoms with E-state index in [1.807, 2.05) is 38.7 Å². The summed E-state index contributed by atoms with van der Waals surface area (Å²) in [7, 11) is 0. The molecule has 3 heterocycles. The molecular formula is C23H26FN5O. The number of nitrogens with zero attached hydrogens (tertiary/aromatic N) is 5. The van der Waals surface area contributed by atoms with Crippen molar-refractivity contribution in [2.24, 2.45) is 0 Å². The first-order chi connectivity index (χ1) is 14.3. The lowest BCUT2D eigenvalue weighted by molar-refractivity contribution is -0.131. The third kappa shape index (κ3) is 3.84. The second kappa shape index (κ2) is 7.97. The van der Waals surface area contributed by atoms with Gasteiger partial charge >= 0.3 is 0 Å². The first kappa shape index (κ1) is 20.2. The summed E-state index contributed by atoms with van der Waals surface area (Å²) < 4.78 is 15.0. The number of benzene rings is 1. The fourth-order valence-corrected chi connectivity index (χ4v) is 4.28. The van der Waals surface area contributed by atoms with Crippen molar-refractivity contribution in [1.82, 2.24) is 24.6 Å². The van der Waals surface area contributed by atoms with Gasteiger partial charge in [-0.15, -0.1) is 0 Å². The molecule has 6 nitrogen and oxygen atoms in total. The van der Waals surface area contributed by atoms with E-state index in [0.29, 0.717) is 12.5 Å². The van der Waals surface area contributed by atoms with Gasteiger partial charge in [0.2, 0.25) is 5.91 Å². The number of hydrogen-bond donors (Lipinski definition) is 0. The summed E-state index contributed by atoms with van der Waals surface area (Å²) in [6.07, 6.45) is 2.12. The quantitative estimate of drug-likeness (QED) is 0.657. The van der Waals surface area contributed by atoms with Gasteiger partial charge in [0.25, 0.3) is 5.95 Å². The summed E-state index contributed by atoms with van der Waals surface area (Å²) >= 11 is 0. The normalized spacial score (nSPS) is 16.3. The zero-order chi connectivity index (χ0) is 21.4. The van der Waals surface area contributed by atoms with Crippen LogP contribution in [0.4, 0.5) is 4.39 Å². The van der Waals surface area contributed by atoms with Crippen LogP contribution in [0.2, 0.25) is 0 Å². The molecule has 0 saturated carbocycles. The smallest absolute Gasteiger partial charge is 0.251 e. The molecule has 1 amide bonds.